The molecule has 2 aromatic rings. The first-order chi connectivity index (χ1) is 13.1. The zero-order valence-corrected chi connectivity index (χ0v) is 15.6. The van der Waals surface area contributed by atoms with E-state index >= 15 is 0 Å². The summed E-state index contributed by atoms with van der Waals surface area (Å²) >= 11 is 0. The normalized spacial score (nSPS) is 10.3. The van der Waals surface area contributed by atoms with Gasteiger partial charge in [-0.25, -0.2) is 10.3 Å². The zero-order valence-electron chi connectivity index (χ0n) is 15.6. The molecule has 2 amide bonds. The van der Waals surface area contributed by atoms with Crippen molar-refractivity contribution >= 4 is 17.7 Å². The molecule has 0 spiro atoms. The molecular formula is C21H26N2O4. The highest BCUT2D eigenvalue weighted by Gasteiger charge is 2.04. The van der Waals surface area contributed by atoms with Crippen molar-refractivity contribution in [3.63, 3.8) is 0 Å². The second-order valence-corrected chi connectivity index (χ2v) is 6.23. The molecule has 0 aliphatic carbocycles. The third kappa shape index (κ3) is 8.87. The summed E-state index contributed by atoms with van der Waals surface area (Å²) in [6, 6.07) is 16.7. The molecule has 0 aliphatic heterocycles. The van der Waals surface area contributed by atoms with Gasteiger partial charge in [-0.15, -0.1) is 0 Å². The molecule has 0 bridgehead atoms. The number of urea groups is 1. The first-order valence-electron chi connectivity index (χ1n) is 9.08. The Labute approximate surface area is 159 Å². The highest BCUT2D eigenvalue weighted by Crippen LogP contribution is 2.08. The number of carbonyl (C=O) groups excluding carboxylic acids is 2. The summed E-state index contributed by atoms with van der Waals surface area (Å²) in [5.41, 5.74) is 5.15. The van der Waals surface area contributed by atoms with Crippen molar-refractivity contribution in [2.75, 3.05) is 11.9 Å². The lowest BCUT2D eigenvalue weighted by Crippen LogP contribution is -2.29. The van der Waals surface area contributed by atoms with E-state index in [1.165, 1.54) is 0 Å². The van der Waals surface area contributed by atoms with Gasteiger partial charge >= 0.3 is 12.0 Å². The van der Waals surface area contributed by atoms with E-state index in [1.807, 2.05) is 61.5 Å². The molecule has 0 heterocycles. The van der Waals surface area contributed by atoms with E-state index in [0.29, 0.717) is 25.3 Å². The number of unbranched alkanes of at least 4 members (excludes halogenated alkanes) is 2. The Morgan fingerprint density at radius 3 is 2.41 bits per heavy atom. The topological polar surface area (TPSA) is 76.7 Å². The number of anilines is 1. The lowest BCUT2D eigenvalue weighted by molar-refractivity contribution is -0.145. The van der Waals surface area contributed by atoms with Gasteiger partial charge in [-0.2, -0.15) is 0 Å². The number of esters is 1. The van der Waals surface area contributed by atoms with Gasteiger partial charge in [-0.05, 0) is 37.5 Å². The maximum atomic E-state index is 11.7. The first-order valence-corrected chi connectivity index (χ1v) is 9.08. The van der Waals surface area contributed by atoms with Crippen molar-refractivity contribution in [2.24, 2.45) is 0 Å². The highest BCUT2D eigenvalue weighted by atomic mass is 16.7. The predicted octanol–water partition coefficient (Wildman–Crippen LogP) is 4.35. The van der Waals surface area contributed by atoms with Crippen LogP contribution in [0.4, 0.5) is 10.5 Å². The van der Waals surface area contributed by atoms with Crippen LogP contribution in [-0.4, -0.2) is 18.6 Å². The minimum atomic E-state index is -0.414. The smallest absolute Gasteiger partial charge is 0.343 e. The summed E-state index contributed by atoms with van der Waals surface area (Å²) in [6.07, 6.45) is 2.68. The van der Waals surface area contributed by atoms with Crippen molar-refractivity contribution < 1.29 is 19.2 Å². The van der Waals surface area contributed by atoms with Gasteiger partial charge in [0.2, 0.25) is 0 Å². The summed E-state index contributed by atoms with van der Waals surface area (Å²) in [5.74, 6) is -0.199. The van der Waals surface area contributed by atoms with E-state index in [0.717, 1.165) is 30.4 Å². The van der Waals surface area contributed by atoms with Gasteiger partial charge in [-0.3, -0.25) is 9.63 Å². The minimum Gasteiger partial charge on any atom is -0.461 e. The number of aryl methyl sites for hydroxylation is 1. The van der Waals surface area contributed by atoms with Crippen molar-refractivity contribution in [2.45, 2.75) is 39.2 Å². The Morgan fingerprint density at radius 2 is 1.67 bits per heavy atom. The maximum absolute atomic E-state index is 11.7. The average molecular weight is 370 g/mol. The molecule has 0 unspecified atom stereocenters. The van der Waals surface area contributed by atoms with Gasteiger partial charge in [0.15, 0.2) is 0 Å². The van der Waals surface area contributed by atoms with E-state index in [4.69, 9.17) is 9.57 Å². The maximum Gasteiger partial charge on any atom is 0.343 e. The Morgan fingerprint density at radius 1 is 0.926 bits per heavy atom. The molecule has 0 saturated heterocycles. The molecule has 0 radical (unpaired) electrons. The standard InChI is InChI=1S/C21H26N2O4/c1-17-11-13-19(14-12-17)22-21(25)23-27-15-7-3-6-10-20(24)26-16-18-8-4-2-5-9-18/h2,4-5,8-9,11-14H,3,6-7,10,15-16H2,1H3,(H2,22,23,25). The SMILES string of the molecule is Cc1ccc(NC(=O)NOCCCCCC(=O)OCc2ccccc2)cc1. The number of nitrogens with one attached hydrogen (secondary N) is 2. The number of amides is 2. The van der Waals surface area contributed by atoms with Crippen molar-refractivity contribution in [3.05, 3.63) is 65.7 Å². The fourth-order valence-electron chi connectivity index (χ4n) is 2.34. The molecule has 0 saturated carbocycles. The number of carbonyl (C=O) groups is 2. The third-order valence-electron chi connectivity index (χ3n) is 3.84. The summed E-state index contributed by atoms with van der Waals surface area (Å²) in [5, 5.41) is 2.68. The van der Waals surface area contributed by atoms with Gasteiger partial charge in [0.1, 0.15) is 6.61 Å². The van der Waals surface area contributed by atoms with Gasteiger partial charge < -0.3 is 10.1 Å². The second kappa shape index (κ2) is 11.7. The van der Waals surface area contributed by atoms with Gasteiger partial charge in [0.25, 0.3) is 0 Å². The monoisotopic (exact) mass is 370 g/mol. The number of hydrogen-bond donors (Lipinski definition) is 2. The molecule has 6 heteroatoms. The van der Waals surface area contributed by atoms with E-state index in [-0.39, 0.29) is 5.97 Å². The van der Waals surface area contributed by atoms with Crippen LogP contribution in [0.15, 0.2) is 54.6 Å². The minimum absolute atomic E-state index is 0.199. The first kappa shape index (κ1) is 20.5. The fraction of sp³-hybridized carbons (Fsp3) is 0.333. The van der Waals surface area contributed by atoms with Crippen molar-refractivity contribution in [1.82, 2.24) is 5.48 Å². The Bertz CT molecular complexity index is 702. The summed E-state index contributed by atoms with van der Waals surface area (Å²) in [7, 11) is 0. The van der Waals surface area contributed by atoms with E-state index in [1.54, 1.807) is 0 Å². The van der Waals surface area contributed by atoms with E-state index < -0.39 is 6.03 Å². The van der Waals surface area contributed by atoms with Gasteiger partial charge in [0.05, 0.1) is 6.61 Å². The van der Waals surface area contributed by atoms with E-state index in [2.05, 4.69) is 10.8 Å². The largest absolute Gasteiger partial charge is 0.461 e. The molecule has 0 aromatic heterocycles. The Kier molecular flexibility index (Phi) is 8.86. The lowest BCUT2D eigenvalue weighted by atomic mass is 10.2. The highest BCUT2D eigenvalue weighted by molar-refractivity contribution is 5.88. The number of hydrogen-bond acceptors (Lipinski definition) is 4. The van der Waals surface area contributed by atoms with Crippen LogP contribution in [0.1, 0.15) is 36.8 Å². The van der Waals surface area contributed by atoms with Gasteiger partial charge in [0, 0.05) is 12.1 Å². The summed E-state index contributed by atoms with van der Waals surface area (Å²) < 4.78 is 5.22. The quantitative estimate of drug-likeness (QED) is 0.370. The predicted molar refractivity (Wildman–Crippen MR) is 104 cm³/mol. The van der Waals surface area contributed by atoms with Crippen LogP contribution < -0.4 is 10.8 Å². The zero-order chi connectivity index (χ0) is 19.3. The van der Waals surface area contributed by atoms with E-state index in [9.17, 15) is 9.59 Å². The number of rotatable bonds is 10. The molecule has 2 N–H and O–H groups in total. The summed E-state index contributed by atoms with van der Waals surface area (Å²) in [6.45, 7) is 2.68. The third-order valence-corrected chi connectivity index (χ3v) is 3.84. The molecule has 0 aliphatic rings. The van der Waals surface area contributed by atoms with Crippen LogP contribution >= 0.6 is 0 Å². The van der Waals surface area contributed by atoms with Crippen molar-refractivity contribution in [1.29, 1.82) is 0 Å². The van der Waals surface area contributed by atoms with Crippen LogP contribution in [0.3, 0.4) is 0 Å². The van der Waals surface area contributed by atoms with Crippen LogP contribution in [0.25, 0.3) is 0 Å². The van der Waals surface area contributed by atoms with Crippen LogP contribution in [0, 0.1) is 6.92 Å². The average Bonchev–Trinajstić information content (AvgIpc) is 2.68. The molecule has 2 rings (SSSR count). The number of hydroxylamine groups is 1. The Balaban J connectivity index is 1.45. The van der Waals surface area contributed by atoms with Crippen LogP contribution in [-0.2, 0) is 21.0 Å². The van der Waals surface area contributed by atoms with Crippen LogP contribution in [0.5, 0.6) is 0 Å². The molecule has 144 valence electrons. The number of ether oxygens (including phenoxy) is 1. The fourth-order valence-corrected chi connectivity index (χ4v) is 2.34. The number of benzene rings is 2. The lowest BCUT2D eigenvalue weighted by Gasteiger charge is -2.08. The molecule has 0 atom stereocenters. The van der Waals surface area contributed by atoms with Crippen LogP contribution in [0.2, 0.25) is 0 Å². The molecule has 27 heavy (non-hydrogen) atoms. The van der Waals surface area contributed by atoms with Gasteiger partial charge in [-0.1, -0.05) is 54.4 Å². The molecule has 0 fully saturated rings. The van der Waals surface area contributed by atoms with Crippen molar-refractivity contribution in [3.8, 4) is 0 Å². The second-order valence-electron chi connectivity index (χ2n) is 6.23. The Hall–Kier alpha value is -2.86. The molecule has 6 nitrogen and oxygen atoms in total. The summed E-state index contributed by atoms with van der Waals surface area (Å²) in [4.78, 5) is 28.5. The molecule has 2 aromatic carbocycles. The molecular weight excluding hydrogens is 344 g/mol.